The van der Waals surface area contributed by atoms with Crippen LogP contribution in [0.3, 0.4) is 0 Å². The molecule has 5 nitrogen and oxygen atoms in total. The number of halogens is 1. The van der Waals surface area contributed by atoms with E-state index in [4.69, 9.17) is 16.7 Å². The van der Waals surface area contributed by atoms with Gasteiger partial charge in [0.05, 0.1) is 0 Å². The van der Waals surface area contributed by atoms with Crippen molar-refractivity contribution in [2.24, 2.45) is 0 Å². The molecule has 2 N–H and O–H groups in total. The molecule has 0 radical (unpaired) electrons. The highest BCUT2D eigenvalue weighted by Crippen LogP contribution is 2.07. The third kappa shape index (κ3) is 1.56. The monoisotopic (exact) mass is 174 g/mol. The molecule has 1 rings (SSSR count). The summed E-state index contributed by atoms with van der Waals surface area (Å²) in [7, 11) is 0. The highest BCUT2D eigenvalue weighted by Gasteiger charge is 2.09. The molecule has 0 saturated carbocycles. The van der Waals surface area contributed by atoms with Crippen LogP contribution in [0.4, 0.5) is 0 Å². The highest BCUT2D eigenvalue weighted by atomic mass is 35.5. The Kier molecular flexibility index (Phi) is 1.91. The van der Waals surface area contributed by atoms with Gasteiger partial charge in [-0.25, -0.2) is 9.89 Å². The first kappa shape index (κ1) is 7.74. The first-order valence-corrected chi connectivity index (χ1v) is 2.97. The van der Waals surface area contributed by atoms with Crippen LogP contribution < -0.4 is 5.56 Å². The minimum atomic E-state index is -1.27. The molecule has 1 heterocycles. The maximum atomic E-state index is 10.5. The molecule has 1 aromatic heterocycles. The summed E-state index contributed by atoms with van der Waals surface area (Å²) in [6.07, 6.45) is 0. The van der Waals surface area contributed by atoms with Crippen LogP contribution in [-0.4, -0.2) is 21.3 Å². The van der Waals surface area contributed by atoms with Crippen LogP contribution >= 0.6 is 11.6 Å². The second kappa shape index (κ2) is 2.71. The van der Waals surface area contributed by atoms with Gasteiger partial charge in [-0.05, 0) is 0 Å². The van der Waals surface area contributed by atoms with Crippen molar-refractivity contribution >= 4 is 17.6 Å². The fourth-order valence-corrected chi connectivity index (χ4v) is 0.715. The van der Waals surface area contributed by atoms with Gasteiger partial charge in [0.25, 0.3) is 5.56 Å². The second-order valence-corrected chi connectivity index (χ2v) is 2.10. The number of carboxylic acid groups (broad SMARTS) is 1. The summed E-state index contributed by atoms with van der Waals surface area (Å²) in [5.74, 6) is -1.27. The van der Waals surface area contributed by atoms with E-state index in [0.29, 0.717) is 0 Å². The SMILES string of the molecule is O=C(O)c1cc(=O)[nH]nc1Cl. The molecule has 0 fully saturated rings. The standard InChI is InChI=1S/C5H3ClN2O3/c6-4-2(5(10)11)1-3(9)7-8-4/h1H,(H,7,9)(H,10,11). The van der Waals surface area contributed by atoms with E-state index in [-0.39, 0.29) is 10.7 Å². The molecule has 0 unspecified atom stereocenters. The van der Waals surface area contributed by atoms with Crippen LogP contribution in [0.2, 0.25) is 5.15 Å². The average Bonchev–Trinajstić information content (AvgIpc) is 1.94. The molecule has 0 amide bonds. The molecule has 0 aliphatic rings. The Morgan fingerprint density at radius 1 is 1.73 bits per heavy atom. The largest absolute Gasteiger partial charge is 0.478 e. The Labute approximate surface area is 65.6 Å². The van der Waals surface area contributed by atoms with E-state index in [1.807, 2.05) is 5.10 Å². The number of hydrogen-bond donors (Lipinski definition) is 2. The molecule has 1 aromatic rings. The Balaban J connectivity index is 3.35. The zero-order valence-electron chi connectivity index (χ0n) is 5.17. The van der Waals surface area contributed by atoms with E-state index >= 15 is 0 Å². The molecule has 0 aliphatic heterocycles. The molecule has 6 heteroatoms. The Morgan fingerprint density at radius 2 is 2.36 bits per heavy atom. The van der Waals surface area contributed by atoms with Crippen molar-refractivity contribution in [2.45, 2.75) is 0 Å². The molecule has 58 valence electrons. The first-order chi connectivity index (χ1) is 5.11. The Hall–Kier alpha value is -1.36. The van der Waals surface area contributed by atoms with Crippen molar-refractivity contribution in [3.05, 3.63) is 27.1 Å². The van der Waals surface area contributed by atoms with Crippen molar-refractivity contribution in [3.8, 4) is 0 Å². The van der Waals surface area contributed by atoms with Crippen LogP contribution in [0, 0.1) is 0 Å². The number of nitrogens with zero attached hydrogens (tertiary/aromatic N) is 1. The molecule has 0 aromatic carbocycles. The Morgan fingerprint density at radius 3 is 2.82 bits per heavy atom. The maximum Gasteiger partial charge on any atom is 0.339 e. The fourth-order valence-electron chi connectivity index (χ4n) is 0.537. The van der Waals surface area contributed by atoms with Crippen molar-refractivity contribution in [2.75, 3.05) is 0 Å². The van der Waals surface area contributed by atoms with Gasteiger partial charge in [-0.3, -0.25) is 4.79 Å². The molecular weight excluding hydrogens is 172 g/mol. The van der Waals surface area contributed by atoms with Gasteiger partial charge in [0, 0.05) is 6.07 Å². The number of aromatic nitrogens is 2. The normalized spacial score (nSPS) is 9.55. The maximum absolute atomic E-state index is 10.5. The summed E-state index contributed by atoms with van der Waals surface area (Å²) in [5, 5.41) is 13.4. The predicted octanol–water partition coefficient (Wildman–Crippen LogP) is 0.121. The molecule has 0 bridgehead atoms. The lowest BCUT2D eigenvalue weighted by atomic mass is 10.3. The Bertz CT molecular complexity index is 346. The minimum Gasteiger partial charge on any atom is -0.478 e. The van der Waals surface area contributed by atoms with E-state index < -0.39 is 11.5 Å². The first-order valence-electron chi connectivity index (χ1n) is 2.60. The molecule has 0 aliphatic carbocycles. The minimum absolute atomic E-state index is 0.225. The van der Waals surface area contributed by atoms with Crippen molar-refractivity contribution in [1.29, 1.82) is 0 Å². The average molecular weight is 175 g/mol. The van der Waals surface area contributed by atoms with Gasteiger partial charge >= 0.3 is 5.97 Å². The summed E-state index contributed by atoms with van der Waals surface area (Å²) >= 11 is 5.33. The summed E-state index contributed by atoms with van der Waals surface area (Å²) in [6.45, 7) is 0. The zero-order chi connectivity index (χ0) is 8.43. The van der Waals surface area contributed by atoms with Crippen LogP contribution in [0.5, 0.6) is 0 Å². The number of carboxylic acids is 1. The van der Waals surface area contributed by atoms with Crippen LogP contribution in [0.1, 0.15) is 10.4 Å². The molecule has 0 atom stereocenters. The lowest BCUT2D eigenvalue weighted by Gasteiger charge is -1.92. The van der Waals surface area contributed by atoms with Gasteiger partial charge in [-0.15, -0.1) is 0 Å². The van der Waals surface area contributed by atoms with E-state index in [1.54, 1.807) is 0 Å². The summed E-state index contributed by atoms with van der Waals surface area (Å²) in [5.41, 5.74) is -0.887. The van der Waals surface area contributed by atoms with Gasteiger partial charge in [-0.2, -0.15) is 5.10 Å². The highest BCUT2D eigenvalue weighted by molar-refractivity contribution is 6.32. The molecule has 0 saturated heterocycles. The van der Waals surface area contributed by atoms with Crippen molar-refractivity contribution in [3.63, 3.8) is 0 Å². The van der Waals surface area contributed by atoms with Gasteiger partial charge in [0.15, 0.2) is 5.15 Å². The number of aromatic carboxylic acids is 1. The number of carbonyl (C=O) groups is 1. The fraction of sp³-hybridized carbons (Fsp3) is 0. The second-order valence-electron chi connectivity index (χ2n) is 1.74. The number of hydrogen-bond acceptors (Lipinski definition) is 3. The van der Waals surface area contributed by atoms with Crippen LogP contribution in [0.25, 0.3) is 0 Å². The van der Waals surface area contributed by atoms with Gasteiger partial charge in [0.2, 0.25) is 0 Å². The van der Waals surface area contributed by atoms with E-state index in [1.165, 1.54) is 0 Å². The van der Waals surface area contributed by atoms with E-state index in [9.17, 15) is 9.59 Å². The lowest BCUT2D eigenvalue weighted by Crippen LogP contribution is -2.11. The summed E-state index contributed by atoms with van der Waals surface area (Å²) in [4.78, 5) is 20.8. The molecular formula is C5H3ClN2O3. The van der Waals surface area contributed by atoms with Gasteiger partial charge < -0.3 is 5.11 Å². The number of aromatic amines is 1. The summed E-state index contributed by atoms with van der Waals surface area (Å²) < 4.78 is 0. The quantitative estimate of drug-likeness (QED) is 0.634. The van der Waals surface area contributed by atoms with E-state index in [2.05, 4.69) is 5.10 Å². The van der Waals surface area contributed by atoms with Gasteiger partial charge in [0.1, 0.15) is 5.56 Å². The number of H-pyrrole nitrogens is 1. The zero-order valence-corrected chi connectivity index (χ0v) is 5.92. The van der Waals surface area contributed by atoms with Crippen molar-refractivity contribution < 1.29 is 9.90 Å². The number of nitrogens with one attached hydrogen (secondary N) is 1. The van der Waals surface area contributed by atoms with E-state index in [0.717, 1.165) is 6.07 Å². The van der Waals surface area contributed by atoms with Crippen LogP contribution in [0.15, 0.2) is 10.9 Å². The molecule has 0 spiro atoms. The predicted molar refractivity (Wildman–Crippen MR) is 36.8 cm³/mol. The van der Waals surface area contributed by atoms with Crippen LogP contribution in [-0.2, 0) is 0 Å². The topological polar surface area (TPSA) is 83.0 Å². The lowest BCUT2D eigenvalue weighted by molar-refractivity contribution is 0.0696. The number of rotatable bonds is 1. The van der Waals surface area contributed by atoms with Gasteiger partial charge in [-0.1, -0.05) is 11.6 Å². The third-order valence-corrected chi connectivity index (χ3v) is 1.28. The summed E-state index contributed by atoms with van der Waals surface area (Å²) in [6, 6.07) is 0.873. The van der Waals surface area contributed by atoms with Crippen molar-refractivity contribution in [1.82, 2.24) is 10.2 Å². The smallest absolute Gasteiger partial charge is 0.339 e. The third-order valence-electron chi connectivity index (χ3n) is 0.992. The molecule has 11 heavy (non-hydrogen) atoms.